The Balaban J connectivity index is 1.97. The van der Waals surface area contributed by atoms with E-state index >= 15 is 0 Å². The summed E-state index contributed by atoms with van der Waals surface area (Å²) in [6.45, 7) is 0.258. The summed E-state index contributed by atoms with van der Waals surface area (Å²) in [5.41, 5.74) is 6.00. The van der Waals surface area contributed by atoms with Crippen molar-refractivity contribution in [3.05, 3.63) is 30.0 Å². The molecule has 0 unspecified atom stereocenters. The lowest BCUT2D eigenvalue weighted by atomic mass is 10.3. The van der Waals surface area contributed by atoms with Crippen molar-refractivity contribution in [3.63, 3.8) is 0 Å². The lowest BCUT2D eigenvalue weighted by Crippen LogP contribution is -2.24. The first kappa shape index (κ1) is 10.0. The molecular weight excluding hydrogens is 212 g/mol. The molecule has 2 heterocycles. The molecule has 3 N–H and O–H groups in total. The Bertz CT molecular complexity index is 482. The van der Waals surface area contributed by atoms with E-state index in [0.717, 1.165) is 0 Å². The van der Waals surface area contributed by atoms with Gasteiger partial charge in [0, 0.05) is 6.20 Å². The number of nitrogen functional groups attached to an aromatic ring is 1. The molecule has 2 aromatic heterocycles. The van der Waals surface area contributed by atoms with E-state index in [2.05, 4.69) is 30.2 Å². The van der Waals surface area contributed by atoms with E-state index in [1.54, 1.807) is 12.3 Å². The molecule has 0 aromatic carbocycles. The standard InChI is InChI=1S/C8H8N6O2/c9-7-6(13-16-14-7)8(15)11-3-5-1-2-10-4-12-5/h1-2,4H,3H2,(H2,9,14)(H,11,15). The lowest BCUT2D eigenvalue weighted by Gasteiger charge is -2.01. The van der Waals surface area contributed by atoms with E-state index in [4.69, 9.17) is 5.73 Å². The van der Waals surface area contributed by atoms with Gasteiger partial charge >= 0.3 is 0 Å². The van der Waals surface area contributed by atoms with Crippen LogP contribution in [0.5, 0.6) is 0 Å². The molecule has 8 nitrogen and oxygen atoms in total. The van der Waals surface area contributed by atoms with Crippen molar-refractivity contribution >= 4 is 11.7 Å². The molecule has 1 amide bonds. The first-order valence-corrected chi connectivity index (χ1v) is 4.38. The minimum atomic E-state index is -0.461. The van der Waals surface area contributed by atoms with Gasteiger partial charge < -0.3 is 11.1 Å². The topological polar surface area (TPSA) is 120 Å². The molecule has 0 saturated carbocycles. The second-order valence-corrected chi connectivity index (χ2v) is 2.88. The van der Waals surface area contributed by atoms with E-state index in [1.807, 2.05) is 0 Å². The van der Waals surface area contributed by atoms with Crippen molar-refractivity contribution in [2.45, 2.75) is 6.54 Å². The molecular formula is C8H8N6O2. The largest absolute Gasteiger partial charge is 0.379 e. The summed E-state index contributed by atoms with van der Waals surface area (Å²) in [6.07, 6.45) is 2.98. The van der Waals surface area contributed by atoms with E-state index in [9.17, 15) is 4.79 Å². The first-order valence-electron chi connectivity index (χ1n) is 4.38. The predicted molar refractivity (Wildman–Crippen MR) is 51.9 cm³/mol. The van der Waals surface area contributed by atoms with Gasteiger partial charge in [-0.1, -0.05) is 0 Å². The normalized spacial score (nSPS) is 10.0. The molecule has 0 aliphatic heterocycles. The molecule has 0 aliphatic carbocycles. The number of carbonyl (C=O) groups is 1. The zero-order chi connectivity index (χ0) is 11.4. The summed E-state index contributed by atoms with van der Waals surface area (Å²) in [6, 6.07) is 1.69. The maximum absolute atomic E-state index is 11.5. The van der Waals surface area contributed by atoms with Crippen LogP contribution >= 0.6 is 0 Å². The molecule has 0 bridgehead atoms. The molecule has 0 radical (unpaired) electrons. The van der Waals surface area contributed by atoms with E-state index in [0.29, 0.717) is 5.69 Å². The zero-order valence-corrected chi connectivity index (χ0v) is 8.12. The molecule has 0 fully saturated rings. The summed E-state index contributed by atoms with van der Waals surface area (Å²) in [5, 5.41) is 9.24. The van der Waals surface area contributed by atoms with Crippen LogP contribution in [0.1, 0.15) is 16.2 Å². The molecule has 2 rings (SSSR count). The van der Waals surface area contributed by atoms with Crippen molar-refractivity contribution in [1.29, 1.82) is 0 Å². The van der Waals surface area contributed by atoms with Crippen LogP contribution < -0.4 is 11.1 Å². The van der Waals surface area contributed by atoms with Crippen LogP contribution in [0, 0.1) is 0 Å². The Hall–Kier alpha value is -2.51. The molecule has 8 heteroatoms. The van der Waals surface area contributed by atoms with Gasteiger partial charge in [-0.3, -0.25) is 4.79 Å². The molecule has 0 aliphatic rings. The minimum Gasteiger partial charge on any atom is -0.379 e. The van der Waals surface area contributed by atoms with Crippen LogP contribution in [0.4, 0.5) is 5.82 Å². The number of nitrogens with zero attached hydrogens (tertiary/aromatic N) is 4. The van der Waals surface area contributed by atoms with Gasteiger partial charge in [0.2, 0.25) is 11.5 Å². The Kier molecular flexibility index (Phi) is 2.72. The van der Waals surface area contributed by atoms with Gasteiger partial charge in [0.1, 0.15) is 6.33 Å². The van der Waals surface area contributed by atoms with Crippen molar-refractivity contribution in [3.8, 4) is 0 Å². The lowest BCUT2D eigenvalue weighted by molar-refractivity contribution is 0.0941. The average molecular weight is 220 g/mol. The van der Waals surface area contributed by atoms with Crippen molar-refractivity contribution < 1.29 is 9.42 Å². The summed E-state index contributed by atoms with van der Waals surface area (Å²) < 4.78 is 4.31. The summed E-state index contributed by atoms with van der Waals surface area (Å²) in [4.78, 5) is 19.2. The highest BCUT2D eigenvalue weighted by molar-refractivity contribution is 5.95. The number of aromatic nitrogens is 4. The fourth-order valence-corrected chi connectivity index (χ4v) is 1.03. The highest BCUT2D eigenvalue weighted by atomic mass is 16.6. The zero-order valence-electron chi connectivity index (χ0n) is 8.12. The van der Waals surface area contributed by atoms with E-state index < -0.39 is 5.91 Å². The van der Waals surface area contributed by atoms with Crippen LogP contribution in [0.25, 0.3) is 0 Å². The smallest absolute Gasteiger partial charge is 0.277 e. The van der Waals surface area contributed by atoms with Gasteiger partial charge in [0.25, 0.3) is 5.91 Å². The predicted octanol–water partition coefficient (Wildman–Crippen LogP) is -0.628. The first-order chi connectivity index (χ1) is 7.77. The van der Waals surface area contributed by atoms with Crippen molar-refractivity contribution in [2.24, 2.45) is 0 Å². The SMILES string of the molecule is Nc1nonc1C(=O)NCc1ccncn1. The minimum absolute atomic E-state index is 0.0333. The van der Waals surface area contributed by atoms with Gasteiger partial charge in [-0.25, -0.2) is 14.6 Å². The molecule has 2 aromatic rings. The van der Waals surface area contributed by atoms with Gasteiger partial charge in [0.05, 0.1) is 12.2 Å². The fourth-order valence-electron chi connectivity index (χ4n) is 1.03. The fraction of sp³-hybridized carbons (Fsp3) is 0.125. The Morgan fingerprint density at radius 2 is 2.38 bits per heavy atom. The number of nitrogens with one attached hydrogen (secondary N) is 1. The number of carbonyl (C=O) groups excluding carboxylic acids is 1. The third kappa shape index (κ3) is 2.11. The van der Waals surface area contributed by atoms with E-state index in [1.165, 1.54) is 6.33 Å². The van der Waals surface area contributed by atoms with Crippen molar-refractivity contribution in [1.82, 2.24) is 25.6 Å². The number of nitrogens with two attached hydrogens (primary N) is 1. The number of rotatable bonds is 3. The molecule has 0 saturated heterocycles. The summed E-state index contributed by atoms with van der Waals surface area (Å²) >= 11 is 0. The highest BCUT2D eigenvalue weighted by Gasteiger charge is 2.15. The van der Waals surface area contributed by atoms with Crippen LogP contribution in [0.3, 0.4) is 0 Å². The summed E-state index contributed by atoms with van der Waals surface area (Å²) in [7, 11) is 0. The Morgan fingerprint density at radius 1 is 1.50 bits per heavy atom. The Labute approximate surface area is 89.8 Å². The molecule has 0 atom stereocenters. The van der Waals surface area contributed by atoms with Crippen LogP contribution in [0.2, 0.25) is 0 Å². The summed E-state index contributed by atoms with van der Waals surface area (Å²) in [5.74, 6) is -0.502. The van der Waals surface area contributed by atoms with Crippen LogP contribution in [0.15, 0.2) is 23.2 Å². The van der Waals surface area contributed by atoms with Gasteiger partial charge in [-0.05, 0) is 16.4 Å². The maximum atomic E-state index is 11.5. The van der Waals surface area contributed by atoms with Gasteiger partial charge in [-0.2, -0.15) is 0 Å². The van der Waals surface area contributed by atoms with Crippen LogP contribution in [-0.2, 0) is 6.54 Å². The number of amides is 1. The molecule has 82 valence electrons. The van der Waals surface area contributed by atoms with E-state index in [-0.39, 0.29) is 18.1 Å². The third-order valence-corrected chi connectivity index (χ3v) is 1.80. The Morgan fingerprint density at radius 3 is 3.00 bits per heavy atom. The monoisotopic (exact) mass is 220 g/mol. The average Bonchev–Trinajstić information content (AvgIpc) is 2.74. The van der Waals surface area contributed by atoms with Crippen molar-refractivity contribution in [2.75, 3.05) is 5.73 Å². The van der Waals surface area contributed by atoms with Gasteiger partial charge in [-0.15, -0.1) is 0 Å². The highest BCUT2D eigenvalue weighted by Crippen LogP contribution is 2.03. The molecule has 16 heavy (non-hydrogen) atoms. The van der Waals surface area contributed by atoms with Crippen LogP contribution in [-0.4, -0.2) is 26.2 Å². The quantitative estimate of drug-likeness (QED) is 0.706. The molecule has 0 spiro atoms. The number of hydrogen-bond donors (Lipinski definition) is 2. The van der Waals surface area contributed by atoms with Gasteiger partial charge in [0.15, 0.2) is 0 Å². The number of anilines is 1. The third-order valence-electron chi connectivity index (χ3n) is 1.80. The maximum Gasteiger partial charge on any atom is 0.277 e. The second kappa shape index (κ2) is 4.34. The number of hydrogen-bond acceptors (Lipinski definition) is 7. The second-order valence-electron chi connectivity index (χ2n) is 2.88.